The van der Waals surface area contributed by atoms with Gasteiger partial charge in [-0.05, 0) is 48.6 Å². The molecule has 41 heavy (non-hydrogen) atoms. The highest BCUT2D eigenvalue weighted by molar-refractivity contribution is 5.70. The Bertz CT molecular complexity index is 887. The third kappa shape index (κ3) is 16.7. The summed E-state index contributed by atoms with van der Waals surface area (Å²) in [5, 5.41) is 0. The van der Waals surface area contributed by atoms with Crippen LogP contribution in [0.1, 0.15) is 161 Å². The molecule has 0 saturated heterocycles. The number of esters is 1. The van der Waals surface area contributed by atoms with Gasteiger partial charge in [0.25, 0.3) is 0 Å². The van der Waals surface area contributed by atoms with E-state index in [0.29, 0.717) is 6.42 Å². The predicted molar refractivity (Wildman–Crippen MR) is 176 cm³/mol. The lowest BCUT2D eigenvalue weighted by atomic mass is 10.0. The van der Waals surface area contributed by atoms with Crippen molar-refractivity contribution in [2.75, 3.05) is 6.61 Å². The second-order valence-electron chi connectivity index (χ2n) is 11.9. The summed E-state index contributed by atoms with van der Waals surface area (Å²) in [7, 11) is 0. The molecule has 0 aliphatic rings. The topological polar surface area (TPSA) is 35.5 Å². The van der Waals surface area contributed by atoms with Crippen LogP contribution in [-0.2, 0) is 9.53 Å². The number of rotatable bonds is 25. The normalized spacial score (nSPS) is 11.9. The van der Waals surface area contributed by atoms with Crippen molar-refractivity contribution >= 4 is 5.97 Å². The van der Waals surface area contributed by atoms with Crippen LogP contribution in [0.3, 0.4) is 0 Å². The number of unbranched alkanes of at least 4 members (excludes halogenated alkanes) is 17. The van der Waals surface area contributed by atoms with Crippen molar-refractivity contribution in [3.8, 4) is 16.9 Å². The molecular formula is C38H60O3. The molecule has 3 nitrogen and oxygen atoms in total. The number of hydrogen-bond donors (Lipinski definition) is 0. The Morgan fingerprint density at radius 1 is 0.561 bits per heavy atom. The Hall–Kier alpha value is -2.29. The molecule has 0 N–H and O–H groups in total. The van der Waals surface area contributed by atoms with Gasteiger partial charge in [0, 0.05) is 6.42 Å². The van der Waals surface area contributed by atoms with Crippen LogP contribution in [-0.4, -0.2) is 12.6 Å². The van der Waals surface area contributed by atoms with E-state index < -0.39 is 0 Å². The molecule has 1 atom stereocenters. The molecule has 0 aromatic heterocycles. The van der Waals surface area contributed by atoms with Crippen molar-refractivity contribution in [1.29, 1.82) is 0 Å². The van der Waals surface area contributed by atoms with Crippen molar-refractivity contribution in [2.24, 2.45) is 0 Å². The SMILES string of the molecule is CCCCCCCCCCCCOc1ccc(-c2ccc(C(C)OC(=O)CCCCCCCCCCC)cc2)cc1. The van der Waals surface area contributed by atoms with Gasteiger partial charge in [0.1, 0.15) is 11.9 Å². The maximum atomic E-state index is 12.3. The maximum absolute atomic E-state index is 12.3. The second-order valence-corrected chi connectivity index (χ2v) is 11.9. The van der Waals surface area contributed by atoms with Crippen LogP contribution in [0.2, 0.25) is 0 Å². The maximum Gasteiger partial charge on any atom is 0.306 e. The van der Waals surface area contributed by atoms with Crippen LogP contribution in [0, 0.1) is 0 Å². The fourth-order valence-corrected chi connectivity index (χ4v) is 5.37. The molecule has 0 heterocycles. The summed E-state index contributed by atoms with van der Waals surface area (Å²) >= 11 is 0. The van der Waals surface area contributed by atoms with E-state index in [0.717, 1.165) is 48.3 Å². The average Bonchev–Trinajstić information content (AvgIpc) is 2.99. The molecule has 0 radical (unpaired) electrons. The summed E-state index contributed by atoms with van der Waals surface area (Å²) in [6.07, 6.45) is 24.9. The summed E-state index contributed by atoms with van der Waals surface area (Å²) < 4.78 is 11.7. The molecule has 0 fully saturated rings. The smallest absolute Gasteiger partial charge is 0.306 e. The molecule has 0 saturated carbocycles. The first-order chi connectivity index (χ1) is 20.1. The Balaban J connectivity index is 1.59. The van der Waals surface area contributed by atoms with E-state index >= 15 is 0 Å². The molecule has 2 aromatic rings. The highest BCUT2D eigenvalue weighted by Gasteiger charge is 2.12. The summed E-state index contributed by atoms with van der Waals surface area (Å²) in [5.41, 5.74) is 3.35. The van der Waals surface area contributed by atoms with Crippen molar-refractivity contribution < 1.29 is 14.3 Å². The van der Waals surface area contributed by atoms with Gasteiger partial charge in [0.15, 0.2) is 0 Å². The minimum Gasteiger partial charge on any atom is -0.494 e. The number of hydrogen-bond acceptors (Lipinski definition) is 3. The van der Waals surface area contributed by atoms with Gasteiger partial charge < -0.3 is 9.47 Å². The highest BCUT2D eigenvalue weighted by Crippen LogP contribution is 2.26. The standard InChI is InChI=1S/C38H60O3/c1-4-6-8-10-12-14-16-18-20-22-32-40-37-30-28-36(29-31-37)35-26-24-34(25-27-35)33(3)41-38(39)23-21-19-17-15-13-11-9-7-5-2/h24-31,33H,4-23,32H2,1-3H3. The van der Waals surface area contributed by atoms with Crippen molar-refractivity contribution in [1.82, 2.24) is 0 Å². The molecule has 2 rings (SSSR count). The van der Waals surface area contributed by atoms with Gasteiger partial charge in [-0.25, -0.2) is 0 Å². The molecule has 0 bridgehead atoms. The van der Waals surface area contributed by atoms with E-state index in [1.165, 1.54) is 103 Å². The van der Waals surface area contributed by atoms with Crippen LogP contribution < -0.4 is 4.74 Å². The van der Waals surface area contributed by atoms with Crippen LogP contribution in [0.25, 0.3) is 11.1 Å². The molecule has 3 heteroatoms. The van der Waals surface area contributed by atoms with Crippen LogP contribution >= 0.6 is 0 Å². The molecular weight excluding hydrogens is 504 g/mol. The number of carbonyl (C=O) groups excluding carboxylic acids is 1. The van der Waals surface area contributed by atoms with E-state index in [9.17, 15) is 4.79 Å². The Kier molecular flexibility index (Phi) is 19.8. The van der Waals surface area contributed by atoms with E-state index in [1.807, 2.05) is 6.92 Å². The third-order valence-electron chi connectivity index (χ3n) is 8.13. The third-order valence-corrected chi connectivity index (χ3v) is 8.13. The number of benzene rings is 2. The van der Waals surface area contributed by atoms with Gasteiger partial charge in [-0.2, -0.15) is 0 Å². The first-order valence-corrected chi connectivity index (χ1v) is 17.2. The van der Waals surface area contributed by atoms with Gasteiger partial charge in [0.2, 0.25) is 0 Å². The monoisotopic (exact) mass is 564 g/mol. The first kappa shape index (κ1) is 34.9. The van der Waals surface area contributed by atoms with Crippen LogP contribution in [0.15, 0.2) is 48.5 Å². The zero-order chi connectivity index (χ0) is 29.4. The first-order valence-electron chi connectivity index (χ1n) is 17.2. The largest absolute Gasteiger partial charge is 0.494 e. The highest BCUT2D eigenvalue weighted by atomic mass is 16.5. The van der Waals surface area contributed by atoms with Gasteiger partial charge in [-0.15, -0.1) is 0 Å². The number of ether oxygens (including phenoxy) is 2. The van der Waals surface area contributed by atoms with Crippen LogP contribution in [0.4, 0.5) is 0 Å². The summed E-state index contributed by atoms with van der Waals surface area (Å²) in [6, 6.07) is 16.7. The van der Waals surface area contributed by atoms with Gasteiger partial charge >= 0.3 is 5.97 Å². The van der Waals surface area contributed by atoms with Gasteiger partial charge in [0.05, 0.1) is 6.61 Å². The predicted octanol–water partition coefficient (Wildman–Crippen LogP) is 12.2. The zero-order valence-electron chi connectivity index (χ0n) is 26.8. The Labute approximate surface area is 252 Å². The molecule has 0 amide bonds. The lowest BCUT2D eigenvalue weighted by Crippen LogP contribution is -2.08. The summed E-state index contributed by atoms with van der Waals surface area (Å²) in [6.45, 7) is 7.28. The summed E-state index contributed by atoms with van der Waals surface area (Å²) in [4.78, 5) is 12.3. The van der Waals surface area contributed by atoms with E-state index in [-0.39, 0.29) is 12.1 Å². The molecule has 2 aromatic carbocycles. The lowest BCUT2D eigenvalue weighted by Gasteiger charge is -2.14. The molecule has 1 unspecified atom stereocenters. The molecule has 230 valence electrons. The van der Waals surface area contributed by atoms with Gasteiger partial charge in [-0.1, -0.05) is 159 Å². The minimum atomic E-state index is -0.225. The average molecular weight is 565 g/mol. The van der Waals surface area contributed by atoms with Crippen molar-refractivity contribution in [3.05, 3.63) is 54.1 Å². The van der Waals surface area contributed by atoms with E-state index in [2.05, 4.69) is 62.4 Å². The van der Waals surface area contributed by atoms with E-state index in [4.69, 9.17) is 9.47 Å². The summed E-state index contributed by atoms with van der Waals surface area (Å²) in [5.74, 6) is 0.853. The Morgan fingerprint density at radius 3 is 1.46 bits per heavy atom. The van der Waals surface area contributed by atoms with Crippen molar-refractivity contribution in [3.63, 3.8) is 0 Å². The molecule has 0 aliphatic carbocycles. The zero-order valence-corrected chi connectivity index (χ0v) is 26.8. The quantitative estimate of drug-likeness (QED) is 0.0888. The molecule has 0 aliphatic heterocycles. The minimum absolute atomic E-state index is 0.0853. The van der Waals surface area contributed by atoms with E-state index in [1.54, 1.807) is 0 Å². The second kappa shape index (κ2) is 23.3. The Morgan fingerprint density at radius 2 is 0.976 bits per heavy atom. The lowest BCUT2D eigenvalue weighted by molar-refractivity contribution is -0.148. The number of carbonyl (C=O) groups is 1. The van der Waals surface area contributed by atoms with Gasteiger partial charge in [-0.3, -0.25) is 4.79 Å². The fourth-order valence-electron chi connectivity index (χ4n) is 5.37. The van der Waals surface area contributed by atoms with Crippen molar-refractivity contribution in [2.45, 2.75) is 155 Å². The van der Waals surface area contributed by atoms with Crippen LogP contribution in [0.5, 0.6) is 5.75 Å². The fraction of sp³-hybridized carbons (Fsp3) is 0.658. The molecule has 0 spiro atoms.